The largest absolute Gasteiger partial charge is 0.469 e. The Balaban J connectivity index is 4.05. The summed E-state index contributed by atoms with van der Waals surface area (Å²) in [4.78, 5) is 30.6. The van der Waals surface area contributed by atoms with E-state index in [-0.39, 0.29) is 5.91 Å². The second-order valence-electron chi connectivity index (χ2n) is 12.2. The van der Waals surface area contributed by atoms with Crippen LogP contribution in [-0.2, 0) is 13.9 Å². The Hall–Kier alpha value is -0.720. The van der Waals surface area contributed by atoms with Gasteiger partial charge in [0.25, 0.3) is 0 Å². The van der Waals surface area contributed by atoms with Crippen LogP contribution in [0.15, 0.2) is 12.2 Å². The third kappa shape index (κ3) is 30.7. The molecule has 0 aliphatic carbocycles. The van der Waals surface area contributed by atoms with E-state index in [1.54, 1.807) is 6.08 Å². The minimum atomic E-state index is -4.70. The van der Waals surface area contributed by atoms with Gasteiger partial charge in [0.2, 0.25) is 5.91 Å². The molecule has 8 heteroatoms. The van der Waals surface area contributed by atoms with Crippen molar-refractivity contribution in [2.24, 2.45) is 0 Å². The van der Waals surface area contributed by atoms with Crippen molar-refractivity contribution >= 4 is 13.7 Å². The Labute approximate surface area is 259 Å². The SMILES string of the molecule is CCCCCCCCCCCCCCCC/C=C/[C@@H](O)[C@H](COP(=O)(O)O)NC(=O)CCCCCCCCCCCC. The molecule has 2 atom stereocenters. The molecule has 0 aromatic rings. The van der Waals surface area contributed by atoms with E-state index >= 15 is 0 Å². The first kappa shape index (κ1) is 41.3. The number of nitrogens with one attached hydrogen (secondary N) is 1. The summed E-state index contributed by atoms with van der Waals surface area (Å²) in [5.41, 5.74) is 0. The highest BCUT2D eigenvalue weighted by Crippen LogP contribution is 2.35. The lowest BCUT2D eigenvalue weighted by Gasteiger charge is -2.22. The average Bonchev–Trinajstić information content (AvgIpc) is 2.95. The summed E-state index contributed by atoms with van der Waals surface area (Å²) >= 11 is 0. The number of aliphatic hydroxyl groups is 1. The zero-order valence-electron chi connectivity index (χ0n) is 27.4. The maximum atomic E-state index is 12.4. The van der Waals surface area contributed by atoms with Gasteiger partial charge in [0.15, 0.2) is 0 Å². The van der Waals surface area contributed by atoms with Gasteiger partial charge < -0.3 is 20.2 Å². The van der Waals surface area contributed by atoms with Crippen LogP contribution in [0.2, 0.25) is 0 Å². The molecule has 0 aliphatic heterocycles. The van der Waals surface area contributed by atoms with Crippen LogP contribution in [0, 0.1) is 0 Å². The topological polar surface area (TPSA) is 116 Å². The van der Waals surface area contributed by atoms with Gasteiger partial charge in [-0.25, -0.2) is 4.57 Å². The normalized spacial score (nSPS) is 13.5. The van der Waals surface area contributed by atoms with Crippen molar-refractivity contribution in [3.8, 4) is 0 Å². The van der Waals surface area contributed by atoms with Gasteiger partial charge in [0.05, 0.1) is 18.8 Å². The van der Waals surface area contributed by atoms with Gasteiger partial charge in [-0.1, -0.05) is 167 Å². The van der Waals surface area contributed by atoms with E-state index in [0.717, 1.165) is 38.5 Å². The Morgan fingerprint density at radius 2 is 1.05 bits per heavy atom. The Morgan fingerprint density at radius 1 is 0.667 bits per heavy atom. The van der Waals surface area contributed by atoms with Crippen LogP contribution in [-0.4, -0.2) is 39.6 Å². The molecule has 0 aromatic heterocycles. The van der Waals surface area contributed by atoms with E-state index in [9.17, 15) is 14.5 Å². The van der Waals surface area contributed by atoms with Gasteiger partial charge >= 0.3 is 7.82 Å². The zero-order chi connectivity index (χ0) is 31.2. The number of amides is 1. The fourth-order valence-electron chi connectivity index (χ4n) is 5.28. The predicted octanol–water partition coefficient (Wildman–Crippen LogP) is 9.68. The molecule has 1 amide bonds. The molecule has 250 valence electrons. The second kappa shape index (κ2) is 30.3. The van der Waals surface area contributed by atoms with Crippen LogP contribution >= 0.6 is 7.82 Å². The number of aliphatic hydroxyl groups excluding tert-OH is 1. The van der Waals surface area contributed by atoms with Crippen LogP contribution in [0.1, 0.15) is 181 Å². The van der Waals surface area contributed by atoms with Gasteiger partial charge in [-0.15, -0.1) is 0 Å². The minimum Gasteiger partial charge on any atom is -0.387 e. The molecule has 0 radical (unpaired) electrons. The fourth-order valence-corrected chi connectivity index (χ4v) is 5.64. The van der Waals surface area contributed by atoms with Gasteiger partial charge in [-0.3, -0.25) is 9.32 Å². The van der Waals surface area contributed by atoms with Crippen LogP contribution in [0.3, 0.4) is 0 Å². The number of allylic oxidation sites excluding steroid dienone is 1. The van der Waals surface area contributed by atoms with Crippen molar-refractivity contribution in [3.63, 3.8) is 0 Å². The number of unbranched alkanes of at least 4 members (excludes halogenated alkanes) is 23. The predicted molar refractivity (Wildman–Crippen MR) is 176 cm³/mol. The third-order valence-electron chi connectivity index (χ3n) is 8.00. The molecule has 0 aliphatic rings. The number of hydrogen-bond acceptors (Lipinski definition) is 4. The number of carbonyl (C=O) groups is 1. The molecule has 0 fully saturated rings. The van der Waals surface area contributed by atoms with Crippen LogP contribution < -0.4 is 5.32 Å². The molecule has 0 unspecified atom stereocenters. The smallest absolute Gasteiger partial charge is 0.387 e. The van der Waals surface area contributed by atoms with Crippen molar-refractivity contribution in [1.82, 2.24) is 5.32 Å². The summed E-state index contributed by atoms with van der Waals surface area (Å²) < 4.78 is 15.8. The van der Waals surface area contributed by atoms with Crippen molar-refractivity contribution in [2.45, 2.75) is 193 Å². The second-order valence-corrected chi connectivity index (χ2v) is 13.4. The lowest BCUT2D eigenvalue weighted by Crippen LogP contribution is -2.45. The van der Waals surface area contributed by atoms with Crippen LogP contribution in [0.25, 0.3) is 0 Å². The molecule has 0 spiro atoms. The summed E-state index contributed by atoms with van der Waals surface area (Å²) in [6.45, 7) is 4.04. The Bertz CT molecular complexity index is 668. The van der Waals surface area contributed by atoms with E-state index in [4.69, 9.17) is 9.79 Å². The highest BCUT2D eigenvalue weighted by atomic mass is 31.2. The average molecular weight is 618 g/mol. The number of phosphoric ester groups is 1. The zero-order valence-corrected chi connectivity index (χ0v) is 28.3. The molecule has 0 bridgehead atoms. The Morgan fingerprint density at radius 3 is 1.45 bits per heavy atom. The highest BCUT2D eigenvalue weighted by Gasteiger charge is 2.24. The number of carbonyl (C=O) groups excluding carboxylic acids is 1. The summed E-state index contributed by atoms with van der Waals surface area (Å²) in [5.74, 6) is -0.228. The molecule has 0 aromatic carbocycles. The van der Waals surface area contributed by atoms with E-state index < -0.39 is 26.6 Å². The van der Waals surface area contributed by atoms with Gasteiger partial charge in [0, 0.05) is 6.42 Å². The lowest BCUT2D eigenvalue weighted by molar-refractivity contribution is -0.123. The monoisotopic (exact) mass is 617 g/mol. The first-order chi connectivity index (χ1) is 20.3. The summed E-state index contributed by atoms with van der Waals surface area (Å²) in [6.07, 6.45) is 33.7. The third-order valence-corrected chi connectivity index (χ3v) is 8.48. The van der Waals surface area contributed by atoms with E-state index in [1.165, 1.54) is 122 Å². The lowest BCUT2D eigenvalue weighted by atomic mass is 10.0. The molecule has 42 heavy (non-hydrogen) atoms. The molecule has 0 saturated carbocycles. The molecular formula is C34H68NO6P. The standard InChI is InChI=1S/C34H68NO6P/c1-3-5-7-9-11-13-15-16-17-18-19-20-21-23-25-27-29-33(36)32(31-41-42(38,39)40)35-34(37)30-28-26-24-22-14-12-10-8-6-4-2/h27,29,32-33,36H,3-26,28,30-31H2,1-2H3,(H,35,37)(H2,38,39,40)/b29-27+/t32-,33+/m0/s1. The quantitative estimate of drug-likeness (QED) is 0.0339. The maximum absolute atomic E-state index is 12.4. The molecular weight excluding hydrogens is 549 g/mol. The molecule has 7 nitrogen and oxygen atoms in total. The van der Waals surface area contributed by atoms with Crippen molar-refractivity contribution in [1.29, 1.82) is 0 Å². The Kier molecular flexibility index (Phi) is 29.8. The van der Waals surface area contributed by atoms with Gasteiger partial charge in [0.1, 0.15) is 0 Å². The van der Waals surface area contributed by atoms with Gasteiger partial charge in [-0.05, 0) is 19.3 Å². The number of hydrogen-bond donors (Lipinski definition) is 4. The molecule has 4 N–H and O–H groups in total. The summed E-state index contributed by atoms with van der Waals surface area (Å²) in [5, 5.41) is 13.3. The summed E-state index contributed by atoms with van der Waals surface area (Å²) in [7, 11) is -4.70. The highest BCUT2D eigenvalue weighted by molar-refractivity contribution is 7.46. The van der Waals surface area contributed by atoms with Crippen molar-refractivity contribution in [2.75, 3.05) is 6.61 Å². The fraction of sp³-hybridized carbons (Fsp3) is 0.912. The number of rotatable bonds is 32. The van der Waals surface area contributed by atoms with Crippen LogP contribution in [0.5, 0.6) is 0 Å². The first-order valence-electron chi connectivity index (χ1n) is 17.6. The van der Waals surface area contributed by atoms with Crippen molar-refractivity contribution < 1.29 is 28.8 Å². The van der Waals surface area contributed by atoms with E-state index in [2.05, 4.69) is 23.7 Å². The van der Waals surface area contributed by atoms with Crippen LogP contribution in [0.4, 0.5) is 0 Å². The van der Waals surface area contributed by atoms with Crippen molar-refractivity contribution in [3.05, 3.63) is 12.2 Å². The molecule has 0 rings (SSSR count). The van der Waals surface area contributed by atoms with E-state index in [0.29, 0.717) is 6.42 Å². The maximum Gasteiger partial charge on any atom is 0.469 e. The van der Waals surface area contributed by atoms with Gasteiger partial charge in [-0.2, -0.15) is 0 Å². The molecule has 0 saturated heterocycles. The summed E-state index contributed by atoms with van der Waals surface area (Å²) in [6, 6.07) is -0.902. The molecule has 0 heterocycles. The first-order valence-corrected chi connectivity index (χ1v) is 19.2. The minimum absolute atomic E-state index is 0.228. The number of phosphoric acid groups is 1. The van der Waals surface area contributed by atoms with E-state index in [1.807, 2.05) is 6.08 Å².